The molecule has 0 aliphatic rings. The molecule has 2 rings (SSSR count). The summed E-state index contributed by atoms with van der Waals surface area (Å²) in [5, 5.41) is 16.3. The number of aliphatic imine (C=N–C) groups is 1. The van der Waals surface area contributed by atoms with E-state index in [1.165, 1.54) is 11.3 Å². The SMILES string of the molecule is CCNC(=NCC(O)c1ccc(Cl)s1)NCCNS(=O)(=O)c1ccc(C)cc1. The smallest absolute Gasteiger partial charge is 0.240 e. The third-order valence-electron chi connectivity index (χ3n) is 3.73. The van der Waals surface area contributed by atoms with E-state index in [9.17, 15) is 13.5 Å². The van der Waals surface area contributed by atoms with Crippen molar-refractivity contribution in [3.63, 3.8) is 0 Å². The molecular weight excluding hydrogens is 420 g/mol. The summed E-state index contributed by atoms with van der Waals surface area (Å²) in [6.07, 6.45) is -0.743. The van der Waals surface area contributed by atoms with Gasteiger partial charge in [-0.3, -0.25) is 4.99 Å². The summed E-state index contributed by atoms with van der Waals surface area (Å²) in [7, 11) is -3.55. The monoisotopic (exact) mass is 444 g/mol. The molecular formula is C18H25ClN4O3S2. The van der Waals surface area contributed by atoms with Gasteiger partial charge in [0.15, 0.2) is 5.96 Å². The van der Waals surface area contributed by atoms with Crippen molar-refractivity contribution >= 4 is 38.9 Å². The van der Waals surface area contributed by atoms with Crippen molar-refractivity contribution in [2.45, 2.75) is 24.8 Å². The fourth-order valence-corrected chi connectivity index (χ4v) is 4.35. The van der Waals surface area contributed by atoms with Gasteiger partial charge in [0, 0.05) is 24.5 Å². The van der Waals surface area contributed by atoms with E-state index in [4.69, 9.17) is 11.6 Å². The number of benzene rings is 1. The van der Waals surface area contributed by atoms with Gasteiger partial charge in [-0.1, -0.05) is 29.3 Å². The van der Waals surface area contributed by atoms with E-state index in [2.05, 4.69) is 20.3 Å². The Balaban J connectivity index is 1.84. The van der Waals surface area contributed by atoms with Gasteiger partial charge in [0.25, 0.3) is 0 Å². The molecule has 154 valence electrons. The lowest BCUT2D eigenvalue weighted by Gasteiger charge is -2.13. The quantitative estimate of drug-likeness (QED) is 0.270. The van der Waals surface area contributed by atoms with Crippen LogP contribution in [0.4, 0.5) is 0 Å². The molecule has 2 aromatic rings. The van der Waals surface area contributed by atoms with Crippen LogP contribution >= 0.6 is 22.9 Å². The van der Waals surface area contributed by atoms with E-state index >= 15 is 0 Å². The van der Waals surface area contributed by atoms with Gasteiger partial charge in [0.2, 0.25) is 10.0 Å². The summed E-state index contributed by atoms with van der Waals surface area (Å²) in [4.78, 5) is 5.31. The average molecular weight is 445 g/mol. The summed E-state index contributed by atoms with van der Waals surface area (Å²) in [5.74, 6) is 0.499. The summed E-state index contributed by atoms with van der Waals surface area (Å²) in [6.45, 7) is 5.18. The Hall–Kier alpha value is -1.65. The largest absolute Gasteiger partial charge is 0.386 e. The minimum atomic E-state index is -3.55. The Bertz CT molecular complexity index is 882. The van der Waals surface area contributed by atoms with Crippen LogP contribution < -0.4 is 15.4 Å². The Morgan fingerprint density at radius 3 is 2.50 bits per heavy atom. The van der Waals surface area contributed by atoms with Crippen molar-refractivity contribution in [1.29, 1.82) is 0 Å². The van der Waals surface area contributed by atoms with Crippen LogP contribution in [0.15, 0.2) is 46.3 Å². The zero-order valence-corrected chi connectivity index (χ0v) is 18.2. The molecule has 1 unspecified atom stereocenters. The molecule has 0 radical (unpaired) electrons. The van der Waals surface area contributed by atoms with E-state index in [0.29, 0.717) is 23.4 Å². The van der Waals surface area contributed by atoms with Crippen LogP contribution in [0, 0.1) is 6.92 Å². The number of aliphatic hydroxyl groups is 1. The molecule has 28 heavy (non-hydrogen) atoms. The van der Waals surface area contributed by atoms with Crippen molar-refractivity contribution in [1.82, 2.24) is 15.4 Å². The van der Waals surface area contributed by atoms with Gasteiger partial charge in [-0.15, -0.1) is 11.3 Å². The summed E-state index contributed by atoms with van der Waals surface area (Å²) < 4.78 is 27.7. The second kappa shape index (κ2) is 10.8. The van der Waals surface area contributed by atoms with E-state index < -0.39 is 16.1 Å². The van der Waals surface area contributed by atoms with Crippen LogP contribution in [0.25, 0.3) is 0 Å². The van der Waals surface area contributed by atoms with Crippen LogP contribution in [-0.2, 0) is 10.0 Å². The van der Waals surface area contributed by atoms with Crippen LogP contribution in [0.2, 0.25) is 4.34 Å². The van der Waals surface area contributed by atoms with Gasteiger partial charge in [-0.2, -0.15) is 0 Å². The van der Waals surface area contributed by atoms with Crippen LogP contribution in [-0.4, -0.2) is 45.7 Å². The van der Waals surface area contributed by atoms with Crippen molar-refractivity contribution in [2.24, 2.45) is 4.99 Å². The third-order valence-corrected chi connectivity index (χ3v) is 6.54. The van der Waals surface area contributed by atoms with E-state index in [1.54, 1.807) is 36.4 Å². The number of halogens is 1. The first-order valence-electron chi connectivity index (χ1n) is 8.83. The summed E-state index contributed by atoms with van der Waals surface area (Å²) in [6, 6.07) is 10.2. The molecule has 0 bridgehead atoms. The molecule has 10 heteroatoms. The summed E-state index contributed by atoms with van der Waals surface area (Å²) >= 11 is 7.19. The van der Waals surface area contributed by atoms with Gasteiger partial charge in [0.05, 0.1) is 15.8 Å². The highest BCUT2D eigenvalue weighted by atomic mass is 35.5. The van der Waals surface area contributed by atoms with Crippen LogP contribution in [0.5, 0.6) is 0 Å². The minimum absolute atomic E-state index is 0.168. The van der Waals surface area contributed by atoms with Gasteiger partial charge in [0.1, 0.15) is 6.10 Å². The Labute approximate surface area is 174 Å². The van der Waals surface area contributed by atoms with Crippen molar-refractivity contribution < 1.29 is 13.5 Å². The number of nitrogens with zero attached hydrogens (tertiary/aromatic N) is 1. The number of thiophene rings is 1. The minimum Gasteiger partial charge on any atom is -0.386 e. The molecule has 0 spiro atoms. The average Bonchev–Trinajstić information content (AvgIpc) is 3.09. The first kappa shape index (κ1) is 22.6. The van der Waals surface area contributed by atoms with Gasteiger partial charge in [-0.05, 0) is 38.1 Å². The van der Waals surface area contributed by atoms with Gasteiger partial charge >= 0.3 is 0 Å². The topological polar surface area (TPSA) is 103 Å². The number of hydrogen-bond acceptors (Lipinski definition) is 5. The number of nitrogens with one attached hydrogen (secondary N) is 3. The van der Waals surface area contributed by atoms with E-state index in [-0.39, 0.29) is 18.0 Å². The molecule has 1 atom stereocenters. The molecule has 0 amide bonds. The molecule has 0 saturated heterocycles. The standard InChI is InChI=1S/C18H25ClN4O3S2/c1-3-20-18(22-12-15(24)16-8-9-17(19)27-16)21-10-11-23-28(25,26)14-6-4-13(2)5-7-14/h4-9,15,23-24H,3,10-12H2,1-2H3,(H2,20,21,22). The highest BCUT2D eigenvalue weighted by Gasteiger charge is 2.13. The number of aliphatic hydroxyl groups excluding tert-OH is 1. The predicted molar refractivity (Wildman–Crippen MR) is 115 cm³/mol. The second-order valence-corrected chi connectivity index (χ2v) is 9.53. The molecule has 0 aliphatic heterocycles. The number of aryl methyl sites for hydroxylation is 1. The molecule has 1 aromatic carbocycles. The number of rotatable bonds is 9. The molecule has 1 aromatic heterocycles. The summed E-state index contributed by atoms with van der Waals surface area (Å²) in [5.41, 5.74) is 0.999. The second-order valence-electron chi connectivity index (χ2n) is 6.01. The van der Waals surface area contributed by atoms with Gasteiger partial charge < -0.3 is 15.7 Å². The lowest BCUT2D eigenvalue weighted by molar-refractivity contribution is 0.191. The number of hydrogen-bond donors (Lipinski definition) is 4. The molecule has 7 nitrogen and oxygen atoms in total. The van der Waals surface area contributed by atoms with E-state index in [0.717, 1.165) is 10.4 Å². The first-order valence-corrected chi connectivity index (χ1v) is 11.5. The van der Waals surface area contributed by atoms with Crippen molar-refractivity contribution in [3.8, 4) is 0 Å². The fourth-order valence-electron chi connectivity index (χ4n) is 2.28. The van der Waals surface area contributed by atoms with Crippen molar-refractivity contribution in [2.75, 3.05) is 26.2 Å². The molecule has 0 saturated carbocycles. The third kappa shape index (κ3) is 7.06. The maximum Gasteiger partial charge on any atom is 0.240 e. The highest BCUT2D eigenvalue weighted by molar-refractivity contribution is 7.89. The fraction of sp³-hybridized carbons (Fsp3) is 0.389. The zero-order chi connectivity index (χ0) is 20.6. The predicted octanol–water partition coefficient (Wildman–Crippen LogP) is 2.28. The highest BCUT2D eigenvalue weighted by Crippen LogP contribution is 2.26. The zero-order valence-electron chi connectivity index (χ0n) is 15.8. The van der Waals surface area contributed by atoms with Gasteiger partial charge in [-0.25, -0.2) is 13.1 Å². The molecule has 0 fully saturated rings. The van der Waals surface area contributed by atoms with Crippen LogP contribution in [0.1, 0.15) is 23.5 Å². The van der Waals surface area contributed by atoms with Crippen molar-refractivity contribution in [3.05, 3.63) is 51.2 Å². The lowest BCUT2D eigenvalue weighted by atomic mass is 10.2. The Morgan fingerprint density at radius 1 is 1.18 bits per heavy atom. The number of sulfonamides is 1. The Morgan fingerprint density at radius 2 is 1.89 bits per heavy atom. The maximum absolute atomic E-state index is 12.3. The first-order chi connectivity index (χ1) is 13.3. The van der Waals surface area contributed by atoms with Crippen LogP contribution in [0.3, 0.4) is 0 Å². The maximum atomic E-state index is 12.3. The Kier molecular flexibility index (Phi) is 8.71. The molecule has 0 aliphatic carbocycles. The number of guanidine groups is 1. The lowest BCUT2D eigenvalue weighted by Crippen LogP contribution is -2.41. The van der Waals surface area contributed by atoms with E-state index in [1.807, 2.05) is 13.8 Å². The molecule has 1 heterocycles. The molecule has 4 N–H and O–H groups in total. The normalized spacial score (nSPS) is 13.4.